The number of nitriles is 2. The van der Waals surface area contributed by atoms with Gasteiger partial charge in [-0.25, -0.2) is 9.59 Å². The molecule has 3 aromatic rings. The molecule has 0 saturated heterocycles. The normalized spacial score (nSPS) is 9.75. The van der Waals surface area contributed by atoms with E-state index in [9.17, 15) is 9.59 Å². The van der Waals surface area contributed by atoms with Gasteiger partial charge in [0.05, 0.1) is 60.0 Å². The van der Waals surface area contributed by atoms with Crippen LogP contribution in [0.15, 0.2) is 60.7 Å². The van der Waals surface area contributed by atoms with E-state index >= 15 is 0 Å². The van der Waals surface area contributed by atoms with Crippen LogP contribution in [0.5, 0.6) is 0 Å². The number of carbonyl (C=O) groups is 2. The van der Waals surface area contributed by atoms with Crippen LogP contribution in [-0.4, -0.2) is 26.2 Å². The van der Waals surface area contributed by atoms with Crippen molar-refractivity contribution in [1.29, 1.82) is 10.5 Å². The maximum absolute atomic E-state index is 12.5. The number of anilines is 4. The molecule has 3 aromatic carbocycles. The van der Waals surface area contributed by atoms with Crippen molar-refractivity contribution in [2.45, 2.75) is 0 Å². The lowest BCUT2D eigenvalue weighted by molar-refractivity contribution is 0.0588. The lowest BCUT2D eigenvalue weighted by Gasteiger charge is -2.17. The molecule has 32 heavy (non-hydrogen) atoms. The zero-order chi connectivity index (χ0) is 23.1. The first-order chi connectivity index (χ1) is 15.5. The smallest absolute Gasteiger partial charge is 0.340 e. The van der Waals surface area contributed by atoms with E-state index in [4.69, 9.17) is 20.0 Å². The topological polar surface area (TPSA) is 124 Å². The number of carbonyl (C=O) groups excluding carboxylic acids is 2. The summed E-state index contributed by atoms with van der Waals surface area (Å²) >= 11 is 0. The summed E-state index contributed by atoms with van der Waals surface area (Å²) in [6.45, 7) is 0. The number of nitrogens with zero attached hydrogens (tertiary/aromatic N) is 2. The fourth-order valence-electron chi connectivity index (χ4n) is 3.01. The molecule has 0 aliphatic rings. The van der Waals surface area contributed by atoms with Gasteiger partial charge in [0.1, 0.15) is 0 Å². The van der Waals surface area contributed by atoms with Crippen LogP contribution in [0.25, 0.3) is 0 Å². The van der Waals surface area contributed by atoms with Crippen molar-refractivity contribution in [3.63, 3.8) is 0 Å². The third-order valence-electron chi connectivity index (χ3n) is 4.51. The highest BCUT2D eigenvalue weighted by Crippen LogP contribution is 2.31. The summed E-state index contributed by atoms with van der Waals surface area (Å²) in [5.74, 6) is -1.26. The molecule has 0 heterocycles. The number of hydrogen-bond donors (Lipinski definition) is 2. The van der Waals surface area contributed by atoms with Crippen LogP contribution < -0.4 is 10.6 Å². The second-order valence-electron chi connectivity index (χ2n) is 6.56. The molecule has 8 heteroatoms. The molecule has 0 unspecified atom stereocenters. The number of esters is 2. The molecule has 0 aliphatic carbocycles. The Morgan fingerprint density at radius 2 is 1.12 bits per heavy atom. The van der Waals surface area contributed by atoms with Gasteiger partial charge < -0.3 is 20.1 Å². The van der Waals surface area contributed by atoms with Gasteiger partial charge in [-0.05, 0) is 48.5 Å². The van der Waals surface area contributed by atoms with Gasteiger partial charge in [-0.1, -0.05) is 12.1 Å². The first-order valence-electron chi connectivity index (χ1n) is 9.38. The van der Waals surface area contributed by atoms with Crippen LogP contribution in [-0.2, 0) is 9.47 Å². The first-order valence-corrected chi connectivity index (χ1v) is 9.38. The molecule has 0 amide bonds. The zero-order valence-corrected chi connectivity index (χ0v) is 17.3. The summed E-state index contributed by atoms with van der Waals surface area (Å²) in [5.41, 5.74) is 2.85. The fourth-order valence-corrected chi connectivity index (χ4v) is 3.01. The molecule has 3 rings (SSSR count). The number of rotatable bonds is 6. The monoisotopic (exact) mass is 426 g/mol. The van der Waals surface area contributed by atoms with Crippen molar-refractivity contribution in [1.82, 2.24) is 0 Å². The van der Waals surface area contributed by atoms with Gasteiger partial charge in [-0.3, -0.25) is 0 Å². The molecule has 0 radical (unpaired) electrons. The SMILES string of the molecule is COC(=O)c1cc(Nc2cccc(C#N)c2)c(C(=O)OC)cc1Nc1cccc(C#N)c1. The predicted octanol–water partition coefficient (Wildman–Crippen LogP) is 4.49. The van der Waals surface area contributed by atoms with Gasteiger partial charge in [-0.2, -0.15) is 10.5 Å². The Hall–Kier alpha value is -4.82. The molecule has 0 fully saturated rings. The highest BCUT2D eigenvalue weighted by Gasteiger charge is 2.21. The van der Waals surface area contributed by atoms with Crippen LogP contribution in [0.4, 0.5) is 22.7 Å². The summed E-state index contributed by atoms with van der Waals surface area (Å²) in [7, 11) is 2.50. The van der Waals surface area contributed by atoms with E-state index < -0.39 is 11.9 Å². The Bertz CT molecular complexity index is 1170. The van der Waals surface area contributed by atoms with Gasteiger partial charge in [0, 0.05) is 11.4 Å². The minimum atomic E-state index is -0.630. The van der Waals surface area contributed by atoms with Gasteiger partial charge in [0.2, 0.25) is 0 Å². The molecule has 0 atom stereocenters. The van der Waals surface area contributed by atoms with E-state index in [1.807, 2.05) is 12.1 Å². The molecule has 0 aliphatic heterocycles. The Labute approximate surface area is 184 Å². The molecular weight excluding hydrogens is 408 g/mol. The van der Waals surface area contributed by atoms with Crippen molar-refractivity contribution >= 4 is 34.7 Å². The molecule has 0 bridgehead atoms. The molecule has 0 aromatic heterocycles. The predicted molar refractivity (Wildman–Crippen MR) is 118 cm³/mol. The Kier molecular flexibility index (Phi) is 6.69. The largest absolute Gasteiger partial charge is 0.465 e. The second kappa shape index (κ2) is 9.79. The van der Waals surface area contributed by atoms with Gasteiger partial charge in [-0.15, -0.1) is 0 Å². The molecule has 158 valence electrons. The Morgan fingerprint density at radius 3 is 1.47 bits per heavy atom. The molecule has 0 spiro atoms. The summed E-state index contributed by atoms with van der Waals surface area (Å²) in [6, 6.07) is 20.4. The molecule has 8 nitrogen and oxygen atoms in total. The minimum absolute atomic E-state index is 0.154. The van der Waals surface area contributed by atoms with Gasteiger partial charge >= 0.3 is 11.9 Å². The summed E-state index contributed by atoms with van der Waals surface area (Å²) < 4.78 is 9.82. The van der Waals surface area contributed by atoms with Crippen molar-refractivity contribution in [2.75, 3.05) is 24.9 Å². The summed E-state index contributed by atoms with van der Waals surface area (Å²) in [4.78, 5) is 25.0. The lowest BCUT2D eigenvalue weighted by Crippen LogP contribution is -2.12. The van der Waals surface area contributed by atoms with Crippen LogP contribution in [0, 0.1) is 22.7 Å². The molecule has 2 N–H and O–H groups in total. The Morgan fingerprint density at radius 1 is 0.719 bits per heavy atom. The van der Waals surface area contributed by atoms with Gasteiger partial charge in [0.15, 0.2) is 0 Å². The summed E-state index contributed by atoms with van der Waals surface area (Å²) in [5, 5.41) is 24.4. The molecule has 0 saturated carbocycles. The highest BCUT2D eigenvalue weighted by molar-refractivity contribution is 6.04. The quantitative estimate of drug-likeness (QED) is 0.553. The summed E-state index contributed by atoms with van der Waals surface area (Å²) in [6.07, 6.45) is 0. The lowest BCUT2D eigenvalue weighted by atomic mass is 10.0. The third kappa shape index (κ3) is 4.84. The number of hydrogen-bond acceptors (Lipinski definition) is 8. The van der Waals surface area contributed by atoms with Crippen molar-refractivity contribution in [2.24, 2.45) is 0 Å². The van der Waals surface area contributed by atoms with E-state index in [0.29, 0.717) is 33.9 Å². The van der Waals surface area contributed by atoms with Crippen molar-refractivity contribution < 1.29 is 19.1 Å². The number of nitrogens with one attached hydrogen (secondary N) is 2. The minimum Gasteiger partial charge on any atom is -0.465 e. The highest BCUT2D eigenvalue weighted by atomic mass is 16.5. The van der Waals surface area contributed by atoms with Crippen LogP contribution in [0.3, 0.4) is 0 Å². The van der Waals surface area contributed by atoms with E-state index in [-0.39, 0.29) is 11.1 Å². The van der Waals surface area contributed by atoms with Crippen LogP contribution >= 0.6 is 0 Å². The molecular formula is C24H18N4O4. The van der Waals surface area contributed by atoms with Crippen molar-refractivity contribution in [3.8, 4) is 12.1 Å². The second-order valence-corrected chi connectivity index (χ2v) is 6.56. The maximum atomic E-state index is 12.5. The number of ether oxygens (including phenoxy) is 2. The van der Waals surface area contributed by atoms with E-state index in [1.54, 1.807) is 48.5 Å². The van der Waals surface area contributed by atoms with E-state index in [0.717, 1.165) is 0 Å². The Balaban J connectivity index is 2.12. The zero-order valence-electron chi connectivity index (χ0n) is 17.3. The maximum Gasteiger partial charge on any atom is 0.340 e. The fraction of sp³-hybridized carbons (Fsp3) is 0.0833. The number of benzene rings is 3. The van der Waals surface area contributed by atoms with E-state index in [1.165, 1.54) is 26.4 Å². The standard InChI is InChI=1S/C24H18N4O4/c1-31-23(29)19-11-22(28-18-8-4-6-16(10-18)14-26)20(24(30)32-2)12-21(19)27-17-7-3-5-15(9-17)13-25/h3-12,27-28H,1-2H3. The van der Waals surface area contributed by atoms with Crippen LogP contribution in [0.1, 0.15) is 31.8 Å². The number of methoxy groups -OCH3 is 2. The van der Waals surface area contributed by atoms with E-state index in [2.05, 4.69) is 10.6 Å². The average Bonchev–Trinajstić information content (AvgIpc) is 2.83. The third-order valence-corrected chi connectivity index (χ3v) is 4.51. The van der Waals surface area contributed by atoms with Crippen molar-refractivity contribution in [3.05, 3.63) is 82.9 Å². The first kappa shape index (κ1) is 21.9. The average molecular weight is 426 g/mol. The van der Waals surface area contributed by atoms with Crippen LogP contribution in [0.2, 0.25) is 0 Å². The van der Waals surface area contributed by atoms with Gasteiger partial charge in [0.25, 0.3) is 0 Å².